The molecule has 1 aromatic rings. The third-order valence-electron chi connectivity index (χ3n) is 3.32. The van der Waals surface area contributed by atoms with Gasteiger partial charge in [-0.05, 0) is 45.5 Å². The number of rotatable bonds is 3. The molecule has 0 atom stereocenters. The van der Waals surface area contributed by atoms with Crippen molar-refractivity contribution in [1.82, 2.24) is 9.62 Å². The van der Waals surface area contributed by atoms with Crippen LogP contribution in [0.4, 0.5) is 0 Å². The SMILES string of the molecule is CN(C)B(c1ccccc1)N1CCCCC1. The largest absolute Gasteiger partial charge is 0.345 e. The van der Waals surface area contributed by atoms with Gasteiger partial charge in [0.1, 0.15) is 0 Å². The minimum absolute atomic E-state index is 0.446. The van der Waals surface area contributed by atoms with Gasteiger partial charge in [0.15, 0.2) is 0 Å². The predicted octanol–water partition coefficient (Wildman–Crippen LogP) is 1.43. The Hall–Kier alpha value is -0.795. The van der Waals surface area contributed by atoms with Crippen molar-refractivity contribution in [1.29, 1.82) is 0 Å². The van der Waals surface area contributed by atoms with Gasteiger partial charge in [-0.25, -0.2) is 0 Å². The maximum atomic E-state index is 2.60. The van der Waals surface area contributed by atoms with Crippen LogP contribution in [0, 0.1) is 0 Å². The van der Waals surface area contributed by atoms with Crippen molar-refractivity contribution in [2.75, 3.05) is 27.2 Å². The zero-order valence-electron chi connectivity index (χ0n) is 10.4. The molecule has 86 valence electrons. The molecule has 2 rings (SSSR count). The Balaban J connectivity index is 2.16. The van der Waals surface area contributed by atoms with Gasteiger partial charge in [0.25, 0.3) is 0 Å². The van der Waals surface area contributed by atoms with Crippen LogP contribution in [-0.2, 0) is 0 Å². The molecule has 3 heteroatoms. The van der Waals surface area contributed by atoms with Crippen molar-refractivity contribution in [3.8, 4) is 0 Å². The van der Waals surface area contributed by atoms with Crippen molar-refractivity contribution in [2.24, 2.45) is 0 Å². The Bertz CT molecular complexity index is 307. The molecule has 1 aliphatic rings. The van der Waals surface area contributed by atoms with Crippen molar-refractivity contribution in [3.05, 3.63) is 30.3 Å². The molecular formula is C13H21BN2. The van der Waals surface area contributed by atoms with E-state index in [1.165, 1.54) is 37.8 Å². The number of nitrogens with zero attached hydrogens (tertiary/aromatic N) is 2. The topological polar surface area (TPSA) is 6.48 Å². The fourth-order valence-electron chi connectivity index (χ4n) is 2.62. The van der Waals surface area contributed by atoms with Crippen LogP contribution in [0.2, 0.25) is 0 Å². The monoisotopic (exact) mass is 216 g/mol. The van der Waals surface area contributed by atoms with E-state index >= 15 is 0 Å². The lowest BCUT2D eigenvalue weighted by molar-refractivity contribution is 0.333. The number of hydrogen-bond donors (Lipinski definition) is 0. The van der Waals surface area contributed by atoms with E-state index in [4.69, 9.17) is 0 Å². The van der Waals surface area contributed by atoms with Crippen molar-refractivity contribution < 1.29 is 0 Å². The highest BCUT2D eigenvalue weighted by Gasteiger charge is 2.28. The van der Waals surface area contributed by atoms with E-state index in [-0.39, 0.29) is 0 Å². The number of piperidine rings is 1. The summed E-state index contributed by atoms with van der Waals surface area (Å²) in [6.45, 7) is 2.91. The fourth-order valence-corrected chi connectivity index (χ4v) is 2.62. The highest BCUT2D eigenvalue weighted by Crippen LogP contribution is 2.11. The Morgan fingerprint density at radius 1 is 1.00 bits per heavy atom. The smallest absolute Gasteiger partial charge is 0.330 e. The van der Waals surface area contributed by atoms with Crippen LogP contribution in [-0.4, -0.2) is 43.8 Å². The van der Waals surface area contributed by atoms with E-state index in [1.807, 2.05) is 0 Å². The average molecular weight is 216 g/mol. The zero-order valence-corrected chi connectivity index (χ0v) is 10.4. The molecule has 0 radical (unpaired) electrons. The molecule has 0 aromatic heterocycles. The summed E-state index contributed by atoms with van der Waals surface area (Å²) in [5, 5.41) is 0. The summed E-state index contributed by atoms with van der Waals surface area (Å²) in [6, 6.07) is 10.8. The van der Waals surface area contributed by atoms with Crippen LogP contribution in [0.5, 0.6) is 0 Å². The summed E-state index contributed by atoms with van der Waals surface area (Å²) < 4.78 is 0. The fraction of sp³-hybridized carbons (Fsp3) is 0.538. The van der Waals surface area contributed by atoms with Crippen molar-refractivity contribution >= 4 is 12.4 Å². The summed E-state index contributed by atoms with van der Waals surface area (Å²) in [4.78, 5) is 4.92. The van der Waals surface area contributed by atoms with Crippen LogP contribution in [0.25, 0.3) is 0 Å². The quantitative estimate of drug-likeness (QED) is 0.705. The number of hydrogen-bond acceptors (Lipinski definition) is 2. The molecule has 0 unspecified atom stereocenters. The third-order valence-corrected chi connectivity index (χ3v) is 3.32. The van der Waals surface area contributed by atoms with E-state index in [1.54, 1.807) is 0 Å². The normalized spacial score (nSPS) is 17.7. The maximum Gasteiger partial charge on any atom is 0.345 e. The van der Waals surface area contributed by atoms with Crippen molar-refractivity contribution in [2.45, 2.75) is 19.3 Å². The summed E-state index contributed by atoms with van der Waals surface area (Å²) in [6.07, 6.45) is 4.08. The van der Waals surface area contributed by atoms with E-state index in [0.29, 0.717) is 6.98 Å². The molecule has 1 saturated heterocycles. The molecule has 1 aromatic carbocycles. The molecule has 0 amide bonds. The molecule has 0 spiro atoms. The van der Waals surface area contributed by atoms with Crippen LogP contribution in [0.1, 0.15) is 19.3 Å². The first-order valence-corrected chi connectivity index (χ1v) is 6.24. The van der Waals surface area contributed by atoms with E-state index in [9.17, 15) is 0 Å². The van der Waals surface area contributed by atoms with Crippen LogP contribution in [0.3, 0.4) is 0 Å². The van der Waals surface area contributed by atoms with Gasteiger partial charge in [-0.2, -0.15) is 0 Å². The lowest BCUT2D eigenvalue weighted by Gasteiger charge is -2.35. The minimum atomic E-state index is 0.446. The first-order chi connectivity index (χ1) is 7.79. The minimum Gasteiger partial charge on any atom is -0.330 e. The van der Waals surface area contributed by atoms with Gasteiger partial charge in [-0.1, -0.05) is 36.8 Å². The standard InChI is InChI=1S/C13H21BN2/c1-15(2)14(13-9-5-3-6-10-13)16-11-7-4-8-12-16/h3,5-6,9-10H,4,7-8,11-12H2,1-2H3. The number of benzene rings is 1. The van der Waals surface area contributed by atoms with E-state index in [0.717, 1.165) is 0 Å². The molecule has 1 aliphatic heterocycles. The highest BCUT2D eigenvalue weighted by molar-refractivity contribution is 6.68. The van der Waals surface area contributed by atoms with Gasteiger partial charge in [0, 0.05) is 0 Å². The van der Waals surface area contributed by atoms with Crippen LogP contribution < -0.4 is 5.46 Å². The third kappa shape index (κ3) is 2.66. The molecule has 0 aliphatic carbocycles. The Morgan fingerprint density at radius 2 is 1.62 bits per heavy atom. The lowest BCUT2D eigenvalue weighted by atomic mass is 9.64. The summed E-state index contributed by atoms with van der Waals surface area (Å²) in [5.74, 6) is 0. The second-order valence-corrected chi connectivity index (χ2v) is 4.84. The zero-order chi connectivity index (χ0) is 11.4. The molecule has 1 heterocycles. The van der Waals surface area contributed by atoms with E-state index in [2.05, 4.69) is 54.0 Å². The Labute approximate surface area is 99.4 Å². The summed E-state index contributed by atoms with van der Waals surface area (Å²) in [7, 11) is 4.35. The Kier molecular flexibility index (Phi) is 4.02. The first-order valence-electron chi connectivity index (χ1n) is 6.24. The second-order valence-electron chi connectivity index (χ2n) is 4.84. The van der Waals surface area contributed by atoms with Gasteiger partial charge in [-0.15, -0.1) is 0 Å². The highest BCUT2D eigenvalue weighted by atomic mass is 15.2. The Morgan fingerprint density at radius 3 is 2.19 bits per heavy atom. The summed E-state index contributed by atoms with van der Waals surface area (Å²) >= 11 is 0. The second kappa shape index (κ2) is 5.51. The van der Waals surface area contributed by atoms with Gasteiger partial charge in [-0.3, -0.25) is 0 Å². The van der Waals surface area contributed by atoms with Crippen molar-refractivity contribution in [3.63, 3.8) is 0 Å². The molecule has 0 N–H and O–H groups in total. The molecule has 16 heavy (non-hydrogen) atoms. The molecule has 2 nitrogen and oxygen atoms in total. The van der Waals surface area contributed by atoms with Gasteiger partial charge in [0.05, 0.1) is 0 Å². The molecule has 0 saturated carbocycles. The molecule has 1 fully saturated rings. The molecule has 0 bridgehead atoms. The summed E-state index contributed by atoms with van der Waals surface area (Å²) in [5.41, 5.74) is 1.41. The van der Waals surface area contributed by atoms with Crippen LogP contribution >= 0.6 is 0 Å². The van der Waals surface area contributed by atoms with Gasteiger partial charge < -0.3 is 9.62 Å². The van der Waals surface area contributed by atoms with E-state index < -0.39 is 0 Å². The molecular weight excluding hydrogens is 195 g/mol. The maximum absolute atomic E-state index is 2.60. The van der Waals surface area contributed by atoms with Crippen LogP contribution in [0.15, 0.2) is 30.3 Å². The van der Waals surface area contributed by atoms with Gasteiger partial charge >= 0.3 is 6.98 Å². The average Bonchev–Trinajstić information content (AvgIpc) is 2.31. The first kappa shape index (κ1) is 11.7. The predicted molar refractivity (Wildman–Crippen MR) is 70.9 cm³/mol. The lowest BCUT2D eigenvalue weighted by Crippen LogP contribution is -2.58. The van der Waals surface area contributed by atoms with Gasteiger partial charge in [0.2, 0.25) is 0 Å².